The molecule has 0 aliphatic carbocycles. The maximum Gasteiger partial charge on any atom is 0.318 e. The Bertz CT molecular complexity index is 1050. The zero-order valence-electron chi connectivity index (χ0n) is 13.9. The monoisotopic (exact) mass is 376 g/mol. The highest BCUT2D eigenvalue weighted by Gasteiger charge is 2.22. The fourth-order valence-corrected chi connectivity index (χ4v) is 3.39. The molecule has 3 aromatic rings. The molecule has 0 bridgehead atoms. The van der Waals surface area contributed by atoms with Gasteiger partial charge in [0.1, 0.15) is 16.9 Å². The number of nitrogens with zero attached hydrogens (tertiary/aromatic N) is 2. The highest BCUT2D eigenvalue weighted by Crippen LogP contribution is 2.26. The van der Waals surface area contributed by atoms with Gasteiger partial charge >= 0.3 is 5.97 Å². The summed E-state index contributed by atoms with van der Waals surface area (Å²) in [5.74, 6) is -2.18. The number of ether oxygens (including phenoxy) is 1. The number of thioether (sulfide) groups is 1. The Labute approximate surface area is 151 Å². The second-order valence-corrected chi connectivity index (χ2v) is 6.74. The van der Waals surface area contributed by atoms with Gasteiger partial charge in [-0.15, -0.1) is 0 Å². The van der Waals surface area contributed by atoms with Gasteiger partial charge in [-0.3, -0.25) is 14.2 Å². The van der Waals surface area contributed by atoms with Gasteiger partial charge in [-0.05, 0) is 31.2 Å². The minimum atomic E-state index is -0.906. The van der Waals surface area contributed by atoms with E-state index in [0.29, 0.717) is 11.6 Å². The van der Waals surface area contributed by atoms with Gasteiger partial charge < -0.3 is 4.74 Å². The Morgan fingerprint density at radius 1 is 1.23 bits per heavy atom. The Balaban J connectivity index is 2.27. The summed E-state index contributed by atoms with van der Waals surface area (Å²) in [6, 6.07) is 9.51. The molecule has 1 atom stereocenters. The third-order valence-electron chi connectivity index (χ3n) is 3.71. The van der Waals surface area contributed by atoms with Crippen LogP contribution in [-0.4, -0.2) is 27.9 Å². The summed E-state index contributed by atoms with van der Waals surface area (Å²) in [6.07, 6.45) is 0. The van der Waals surface area contributed by atoms with Gasteiger partial charge in [0, 0.05) is 6.07 Å². The molecule has 1 aromatic heterocycles. The van der Waals surface area contributed by atoms with Crippen LogP contribution in [0, 0.1) is 11.6 Å². The molecule has 0 aliphatic heterocycles. The lowest BCUT2D eigenvalue weighted by atomic mass is 10.2. The van der Waals surface area contributed by atoms with Gasteiger partial charge in [0.2, 0.25) is 0 Å². The van der Waals surface area contributed by atoms with Crippen LogP contribution in [0.5, 0.6) is 0 Å². The van der Waals surface area contributed by atoms with Crippen molar-refractivity contribution < 1.29 is 18.3 Å². The van der Waals surface area contributed by atoms with Gasteiger partial charge in [0.05, 0.1) is 23.7 Å². The SMILES string of the molecule is COC(=O)C(C)Sc1nc2ccccc2c(=O)n1-c1ccc(F)cc1F. The number of halogens is 2. The predicted molar refractivity (Wildman–Crippen MR) is 94.6 cm³/mol. The van der Waals surface area contributed by atoms with Crippen molar-refractivity contribution in [2.24, 2.45) is 0 Å². The maximum absolute atomic E-state index is 14.3. The first-order valence-electron chi connectivity index (χ1n) is 7.64. The molecule has 5 nitrogen and oxygen atoms in total. The number of hydrogen-bond acceptors (Lipinski definition) is 5. The van der Waals surface area contributed by atoms with E-state index in [1.54, 1.807) is 31.2 Å². The van der Waals surface area contributed by atoms with Crippen molar-refractivity contribution in [2.45, 2.75) is 17.3 Å². The average Bonchev–Trinajstić information content (AvgIpc) is 2.62. The summed E-state index contributed by atoms with van der Waals surface area (Å²) in [5, 5.41) is -0.286. The van der Waals surface area contributed by atoms with Crippen molar-refractivity contribution in [1.82, 2.24) is 9.55 Å². The summed E-state index contributed by atoms with van der Waals surface area (Å²) in [4.78, 5) is 29.1. The van der Waals surface area contributed by atoms with Crippen molar-refractivity contribution in [2.75, 3.05) is 7.11 Å². The van der Waals surface area contributed by atoms with Crippen LogP contribution in [0.3, 0.4) is 0 Å². The minimum Gasteiger partial charge on any atom is -0.468 e. The van der Waals surface area contributed by atoms with Gasteiger partial charge in [0.25, 0.3) is 5.56 Å². The first-order chi connectivity index (χ1) is 12.4. The molecule has 0 aliphatic rings. The van der Waals surface area contributed by atoms with E-state index < -0.39 is 28.4 Å². The van der Waals surface area contributed by atoms with E-state index >= 15 is 0 Å². The average molecular weight is 376 g/mol. The number of aromatic nitrogens is 2. The summed E-state index contributed by atoms with van der Waals surface area (Å²) in [5.41, 5.74) is -0.245. The van der Waals surface area contributed by atoms with Crippen molar-refractivity contribution in [3.63, 3.8) is 0 Å². The molecule has 134 valence electrons. The first-order valence-corrected chi connectivity index (χ1v) is 8.52. The van der Waals surface area contributed by atoms with Crippen LogP contribution in [0.1, 0.15) is 6.92 Å². The number of rotatable bonds is 4. The topological polar surface area (TPSA) is 61.2 Å². The number of benzene rings is 2. The van der Waals surface area contributed by atoms with E-state index in [2.05, 4.69) is 9.72 Å². The van der Waals surface area contributed by atoms with Crippen LogP contribution in [-0.2, 0) is 9.53 Å². The van der Waals surface area contributed by atoms with Gasteiger partial charge in [-0.1, -0.05) is 23.9 Å². The molecule has 0 saturated carbocycles. The number of fused-ring (bicyclic) bond motifs is 1. The zero-order valence-corrected chi connectivity index (χ0v) is 14.7. The van der Waals surface area contributed by atoms with E-state index in [4.69, 9.17) is 0 Å². The predicted octanol–water partition coefficient (Wildman–Crippen LogP) is 3.32. The molecule has 0 radical (unpaired) electrons. The van der Waals surface area contributed by atoms with E-state index in [9.17, 15) is 18.4 Å². The highest BCUT2D eigenvalue weighted by molar-refractivity contribution is 8.00. The van der Waals surface area contributed by atoms with Gasteiger partial charge in [-0.2, -0.15) is 0 Å². The fraction of sp³-hybridized carbons (Fsp3) is 0.167. The molecule has 1 unspecified atom stereocenters. The van der Waals surface area contributed by atoms with Crippen molar-refractivity contribution >= 4 is 28.6 Å². The van der Waals surface area contributed by atoms with Crippen LogP contribution in [0.4, 0.5) is 8.78 Å². The highest BCUT2D eigenvalue weighted by atomic mass is 32.2. The minimum absolute atomic E-state index is 0.108. The van der Waals surface area contributed by atoms with E-state index in [1.165, 1.54) is 7.11 Å². The quantitative estimate of drug-likeness (QED) is 0.397. The third kappa shape index (κ3) is 3.32. The van der Waals surface area contributed by atoms with Crippen molar-refractivity contribution in [3.8, 4) is 5.69 Å². The molecule has 1 heterocycles. The third-order valence-corrected chi connectivity index (χ3v) is 4.74. The van der Waals surface area contributed by atoms with Crippen LogP contribution in [0.2, 0.25) is 0 Å². The Kier molecular flexibility index (Phi) is 5.03. The van der Waals surface area contributed by atoms with E-state index in [1.807, 2.05) is 0 Å². The van der Waals surface area contributed by atoms with E-state index in [-0.39, 0.29) is 16.2 Å². The molecule has 0 N–H and O–H groups in total. The largest absolute Gasteiger partial charge is 0.468 e. The second-order valence-electron chi connectivity index (χ2n) is 5.43. The number of carbonyl (C=O) groups is 1. The lowest BCUT2D eigenvalue weighted by molar-refractivity contribution is -0.139. The summed E-state index contributed by atoms with van der Waals surface area (Å²) >= 11 is 0.957. The van der Waals surface area contributed by atoms with Crippen molar-refractivity contribution in [3.05, 3.63) is 64.5 Å². The maximum atomic E-state index is 14.3. The Morgan fingerprint density at radius 2 is 1.96 bits per heavy atom. The molecule has 2 aromatic carbocycles. The van der Waals surface area contributed by atoms with Gasteiger partial charge in [0.15, 0.2) is 5.16 Å². The zero-order chi connectivity index (χ0) is 18.8. The summed E-state index contributed by atoms with van der Waals surface area (Å²) in [7, 11) is 1.25. The van der Waals surface area contributed by atoms with Crippen LogP contribution < -0.4 is 5.56 Å². The number of hydrogen-bond donors (Lipinski definition) is 0. The standard InChI is InChI=1S/C18H14F2N2O3S/c1-10(17(24)25-2)26-18-21-14-6-4-3-5-12(14)16(23)22(18)15-8-7-11(19)9-13(15)20/h3-10H,1-2H3. The lowest BCUT2D eigenvalue weighted by Crippen LogP contribution is -2.24. The van der Waals surface area contributed by atoms with Crippen LogP contribution in [0.25, 0.3) is 16.6 Å². The smallest absolute Gasteiger partial charge is 0.318 e. The molecule has 0 fully saturated rings. The molecule has 0 spiro atoms. The van der Waals surface area contributed by atoms with E-state index in [0.717, 1.165) is 28.5 Å². The molecular weight excluding hydrogens is 362 g/mol. The van der Waals surface area contributed by atoms with Gasteiger partial charge in [-0.25, -0.2) is 13.8 Å². The summed E-state index contributed by atoms with van der Waals surface area (Å²) < 4.78 is 33.3. The molecule has 0 saturated heterocycles. The number of methoxy groups -OCH3 is 1. The fourth-order valence-electron chi connectivity index (χ4n) is 2.44. The van der Waals surface area contributed by atoms with Crippen LogP contribution in [0.15, 0.2) is 52.4 Å². The molecule has 8 heteroatoms. The Morgan fingerprint density at radius 3 is 2.65 bits per heavy atom. The molecule has 0 amide bonds. The number of carbonyl (C=O) groups excluding carboxylic acids is 1. The van der Waals surface area contributed by atoms with Crippen molar-refractivity contribution in [1.29, 1.82) is 0 Å². The Hall–Kier alpha value is -2.74. The summed E-state index contributed by atoms with van der Waals surface area (Å²) in [6.45, 7) is 1.59. The molecule has 26 heavy (non-hydrogen) atoms. The number of esters is 1. The number of para-hydroxylation sites is 1. The first kappa shape index (κ1) is 18.1. The normalized spacial score (nSPS) is 12.2. The van der Waals surface area contributed by atoms with Crippen LogP contribution >= 0.6 is 11.8 Å². The second kappa shape index (κ2) is 7.25. The lowest BCUT2D eigenvalue weighted by Gasteiger charge is -2.16. The molecular formula is C18H14F2N2O3S. The molecule has 3 rings (SSSR count).